The summed E-state index contributed by atoms with van der Waals surface area (Å²) in [5.74, 6) is 0. The quantitative estimate of drug-likeness (QED) is 0.810. The van der Waals surface area contributed by atoms with E-state index in [-0.39, 0.29) is 6.03 Å². The second kappa shape index (κ2) is 5.08. The van der Waals surface area contributed by atoms with E-state index in [0.717, 1.165) is 31.2 Å². The van der Waals surface area contributed by atoms with Crippen LogP contribution >= 0.6 is 0 Å². The molecule has 2 amide bonds. The fourth-order valence-corrected chi connectivity index (χ4v) is 3.31. The Labute approximate surface area is 114 Å². The molecule has 2 aliphatic rings. The molecule has 1 aromatic rings. The summed E-state index contributed by atoms with van der Waals surface area (Å²) < 4.78 is 0. The van der Waals surface area contributed by atoms with Crippen molar-refractivity contribution in [2.24, 2.45) is 0 Å². The highest BCUT2D eigenvalue weighted by Gasteiger charge is 2.40. The number of nitrogens with one attached hydrogen (secondary N) is 1. The molecule has 2 heterocycles. The molecule has 0 radical (unpaired) electrons. The topological polar surface area (TPSA) is 32.3 Å². The Hall–Kier alpha value is -1.77. The predicted molar refractivity (Wildman–Crippen MR) is 75.7 cm³/mol. The first-order valence-corrected chi connectivity index (χ1v) is 7.01. The number of hydrogen-bond donors (Lipinski definition) is 1. The highest BCUT2D eigenvalue weighted by Crippen LogP contribution is 2.37. The zero-order valence-electron chi connectivity index (χ0n) is 11.1. The lowest BCUT2D eigenvalue weighted by Gasteiger charge is -2.35. The van der Waals surface area contributed by atoms with Crippen molar-refractivity contribution in [2.75, 3.05) is 0 Å². The summed E-state index contributed by atoms with van der Waals surface area (Å²) >= 11 is 0. The third kappa shape index (κ3) is 2.50. The maximum atomic E-state index is 12.3. The number of amides is 2. The summed E-state index contributed by atoms with van der Waals surface area (Å²) in [6.45, 7) is 4.69. The van der Waals surface area contributed by atoms with E-state index < -0.39 is 0 Å². The van der Waals surface area contributed by atoms with E-state index in [1.165, 1.54) is 5.57 Å². The summed E-state index contributed by atoms with van der Waals surface area (Å²) in [7, 11) is 0. The number of carbonyl (C=O) groups is 1. The van der Waals surface area contributed by atoms with Gasteiger partial charge in [-0.05, 0) is 31.2 Å². The normalized spacial score (nSPS) is 25.5. The van der Waals surface area contributed by atoms with Gasteiger partial charge in [0, 0.05) is 18.6 Å². The third-order valence-corrected chi connectivity index (χ3v) is 4.19. The Morgan fingerprint density at radius 1 is 1.21 bits per heavy atom. The van der Waals surface area contributed by atoms with Crippen molar-refractivity contribution in [1.29, 1.82) is 0 Å². The predicted octanol–water partition coefficient (Wildman–Crippen LogP) is 3.08. The van der Waals surface area contributed by atoms with Crippen LogP contribution in [0.1, 0.15) is 31.2 Å². The molecule has 100 valence electrons. The van der Waals surface area contributed by atoms with E-state index in [1.54, 1.807) is 0 Å². The molecule has 2 bridgehead atoms. The third-order valence-electron chi connectivity index (χ3n) is 4.19. The van der Waals surface area contributed by atoms with Crippen molar-refractivity contribution >= 4 is 6.03 Å². The van der Waals surface area contributed by atoms with Crippen molar-refractivity contribution in [3.8, 4) is 0 Å². The first-order chi connectivity index (χ1) is 9.24. The molecule has 0 saturated carbocycles. The second-order valence-electron chi connectivity index (χ2n) is 5.59. The molecule has 1 N–H and O–H groups in total. The average Bonchev–Trinajstić information content (AvgIpc) is 2.70. The van der Waals surface area contributed by atoms with Crippen LogP contribution in [0.25, 0.3) is 0 Å². The number of benzene rings is 1. The van der Waals surface area contributed by atoms with Crippen molar-refractivity contribution < 1.29 is 4.79 Å². The van der Waals surface area contributed by atoms with Crippen LogP contribution in [0.4, 0.5) is 4.79 Å². The maximum Gasteiger partial charge on any atom is 0.318 e. The highest BCUT2D eigenvalue weighted by atomic mass is 16.2. The minimum atomic E-state index is 0.0869. The number of piperidine rings is 1. The van der Waals surface area contributed by atoms with Crippen LogP contribution in [0.2, 0.25) is 0 Å². The van der Waals surface area contributed by atoms with Gasteiger partial charge in [-0.15, -0.1) is 0 Å². The van der Waals surface area contributed by atoms with Crippen molar-refractivity contribution in [2.45, 2.75) is 44.3 Å². The molecule has 19 heavy (non-hydrogen) atoms. The van der Waals surface area contributed by atoms with Gasteiger partial charge >= 0.3 is 6.03 Å². The number of fused-ring (bicyclic) bond motifs is 2. The molecule has 2 atom stereocenters. The van der Waals surface area contributed by atoms with Gasteiger partial charge in [0.05, 0.1) is 0 Å². The molecular weight excluding hydrogens is 236 g/mol. The molecule has 2 aliphatic heterocycles. The lowest BCUT2D eigenvalue weighted by Crippen LogP contribution is -2.49. The van der Waals surface area contributed by atoms with E-state index in [0.29, 0.717) is 18.6 Å². The minimum absolute atomic E-state index is 0.0869. The summed E-state index contributed by atoms with van der Waals surface area (Å²) in [6.07, 6.45) is 4.22. The zero-order chi connectivity index (χ0) is 13.2. The van der Waals surface area contributed by atoms with Gasteiger partial charge < -0.3 is 10.2 Å². The van der Waals surface area contributed by atoms with Crippen LogP contribution in [0.15, 0.2) is 42.5 Å². The summed E-state index contributed by atoms with van der Waals surface area (Å²) in [6, 6.07) is 10.9. The number of urea groups is 1. The van der Waals surface area contributed by atoms with Gasteiger partial charge in [0.2, 0.25) is 0 Å². The Morgan fingerprint density at radius 2 is 1.84 bits per heavy atom. The lowest BCUT2D eigenvalue weighted by molar-refractivity contribution is 0.160. The van der Waals surface area contributed by atoms with Gasteiger partial charge in [-0.25, -0.2) is 4.79 Å². The SMILES string of the molecule is C=C1CC2CCC(C1)N2C(=O)NCc1ccccc1. The standard InChI is InChI=1S/C16H20N2O/c1-12-9-14-7-8-15(10-12)18(14)16(19)17-11-13-5-3-2-4-6-13/h2-6,14-15H,1,7-11H2,(H,17,19). The lowest BCUT2D eigenvalue weighted by atomic mass is 9.99. The van der Waals surface area contributed by atoms with Crippen LogP contribution in [0.5, 0.6) is 0 Å². The van der Waals surface area contributed by atoms with E-state index in [1.807, 2.05) is 30.3 Å². The van der Waals surface area contributed by atoms with Gasteiger partial charge in [0.1, 0.15) is 0 Å². The van der Waals surface area contributed by atoms with Gasteiger partial charge in [-0.1, -0.05) is 42.5 Å². The van der Waals surface area contributed by atoms with E-state index in [4.69, 9.17) is 0 Å². The van der Waals surface area contributed by atoms with E-state index in [2.05, 4.69) is 16.8 Å². The van der Waals surface area contributed by atoms with Crippen LogP contribution in [0.3, 0.4) is 0 Å². The van der Waals surface area contributed by atoms with Crippen LogP contribution in [-0.2, 0) is 6.54 Å². The van der Waals surface area contributed by atoms with Gasteiger partial charge in [-0.3, -0.25) is 0 Å². The monoisotopic (exact) mass is 256 g/mol. The maximum absolute atomic E-state index is 12.3. The molecule has 3 nitrogen and oxygen atoms in total. The van der Waals surface area contributed by atoms with Gasteiger partial charge in [0.15, 0.2) is 0 Å². The molecule has 2 fully saturated rings. The zero-order valence-corrected chi connectivity index (χ0v) is 11.1. The number of rotatable bonds is 2. The molecular formula is C16H20N2O. The molecule has 3 heteroatoms. The Morgan fingerprint density at radius 3 is 2.47 bits per heavy atom. The molecule has 1 aromatic carbocycles. The van der Waals surface area contributed by atoms with Crippen molar-refractivity contribution in [3.63, 3.8) is 0 Å². The van der Waals surface area contributed by atoms with Gasteiger partial charge in [0.25, 0.3) is 0 Å². The van der Waals surface area contributed by atoms with Crippen molar-refractivity contribution in [3.05, 3.63) is 48.0 Å². The summed E-state index contributed by atoms with van der Waals surface area (Å²) in [4.78, 5) is 14.4. The van der Waals surface area contributed by atoms with Crippen LogP contribution in [0, 0.1) is 0 Å². The minimum Gasteiger partial charge on any atom is -0.334 e. The van der Waals surface area contributed by atoms with Gasteiger partial charge in [-0.2, -0.15) is 0 Å². The fraction of sp³-hybridized carbons (Fsp3) is 0.438. The smallest absolute Gasteiger partial charge is 0.318 e. The largest absolute Gasteiger partial charge is 0.334 e. The van der Waals surface area contributed by atoms with Crippen molar-refractivity contribution in [1.82, 2.24) is 10.2 Å². The number of hydrogen-bond acceptors (Lipinski definition) is 1. The molecule has 2 unspecified atom stereocenters. The van der Waals surface area contributed by atoms with Crippen LogP contribution in [-0.4, -0.2) is 23.0 Å². The fourth-order valence-electron chi connectivity index (χ4n) is 3.31. The molecule has 0 spiro atoms. The molecule has 2 saturated heterocycles. The van der Waals surface area contributed by atoms with E-state index >= 15 is 0 Å². The summed E-state index contributed by atoms with van der Waals surface area (Å²) in [5, 5.41) is 3.04. The van der Waals surface area contributed by atoms with E-state index in [9.17, 15) is 4.79 Å². The first-order valence-electron chi connectivity index (χ1n) is 7.01. The van der Waals surface area contributed by atoms with Crippen LogP contribution < -0.4 is 5.32 Å². The summed E-state index contributed by atoms with van der Waals surface area (Å²) in [5.41, 5.74) is 2.45. The Bertz CT molecular complexity index is 467. The number of carbonyl (C=O) groups excluding carboxylic acids is 1. The highest BCUT2D eigenvalue weighted by molar-refractivity contribution is 5.75. The number of nitrogens with zero attached hydrogens (tertiary/aromatic N) is 1. The second-order valence-corrected chi connectivity index (χ2v) is 5.59. The first kappa shape index (κ1) is 12.3. The Kier molecular flexibility index (Phi) is 3.28. The Balaban J connectivity index is 1.61. The molecule has 0 aliphatic carbocycles. The molecule has 0 aromatic heterocycles. The average molecular weight is 256 g/mol. The molecule has 3 rings (SSSR count).